The number of aliphatic hydroxyl groups is 2. The molecule has 0 aromatic heterocycles. The van der Waals surface area contributed by atoms with E-state index < -0.39 is 55.2 Å². The maximum atomic E-state index is 11.5. The zero-order chi connectivity index (χ0) is 21.0. The summed E-state index contributed by atoms with van der Waals surface area (Å²) >= 11 is 0.519. The van der Waals surface area contributed by atoms with Crippen molar-refractivity contribution in [3.63, 3.8) is 0 Å². The van der Waals surface area contributed by atoms with E-state index in [0.29, 0.717) is 11.8 Å². The first-order valence-corrected chi connectivity index (χ1v) is 8.95. The molecule has 0 rings (SSSR count). The molecule has 1 amide bonds. The van der Waals surface area contributed by atoms with Crippen LogP contribution in [0, 0.1) is 11.8 Å². The summed E-state index contributed by atoms with van der Waals surface area (Å²) in [7, 11) is 0. The summed E-state index contributed by atoms with van der Waals surface area (Å²) in [6.07, 6.45) is -3.07. The molecule has 12 heteroatoms. The second-order valence-electron chi connectivity index (χ2n) is 5.77. The van der Waals surface area contributed by atoms with Crippen molar-refractivity contribution in [1.82, 2.24) is 5.32 Å². The molecule has 27 heavy (non-hydrogen) atoms. The maximum absolute atomic E-state index is 11.5. The number of thioether (sulfide) groups is 1. The van der Waals surface area contributed by atoms with Gasteiger partial charge in [-0.15, -0.1) is 0 Å². The van der Waals surface area contributed by atoms with Crippen LogP contribution in [0.25, 0.3) is 0 Å². The van der Waals surface area contributed by atoms with Crippen molar-refractivity contribution in [3.8, 4) is 0 Å². The second-order valence-corrected chi connectivity index (χ2v) is 6.73. The molecule has 0 bridgehead atoms. The first-order chi connectivity index (χ1) is 12.5. The summed E-state index contributed by atoms with van der Waals surface area (Å²) in [5, 5.41) is 19.7. The Morgan fingerprint density at radius 3 is 1.78 bits per heavy atom. The van der Waals surface area contributed by atoms with Gasteiger partial charge in [-0.2, -0.15) is 0 Å². The van der Waals surface area contributed by atoms with E-state index in [4.69, 9.17) is 0 Å². The highest BCUT2D eigenvalue weighted by atomic mass is 32.2. The van der Waals surface area contributed by atoms with Crippen LogP contribution >= 0.6 is 11.8 Å². The molecule has 0 saturated carbocycles. The zero-order valence-corrected chi connectivity index (χ0v) is 16.3. The van der Waals surface area contributed by atoms with Crippen LogP contribution in [0.3, 0.4) is 0 Å². The molecule has 0 aliphatic rings. The van der Waals surface area contributed by atoms with Crippen molar-refractivity contribution < 1.29 is 48.3 Å². The standard InChI is InChI=1S/C15H25NO10S/c1-8(2)12(19)23-6-25-14(21)16-10(11(17)18)5-27-15(22)26-7-24-13(20)9(3)4/h8-11,17-18H,5-7H2,1-4H3,(H,16,21)/t10-/m0/s1. The van der Waals surface area contributed by atoms with E-state index in [9.17, 15) is 29.4 Å². The van der Waals surface area contributed by atoms with E-state index in [1.807, 2.05) is 0 Å². The molecule has 11 nitrogen and oxygen atoms in total. The molecule has 1 atom stereocenters. The average Bonchev–Trinajstić information content (AvgIpc) is 2.57. The summed E-state index contributed by atoms with van der Waals surface area (Å²) in [6.45, 7) is 5.20. The monoisotopic (exact) mass is 411 g/mol. The van der Waals surface area contributed by atoms with E-state index in [1.54, 1.807) is 27.7 Å². The number of carbonyl (C=O) groups excluding carboxylic acids is 4. The highest BCUT2D eigenvalue weighted by Gasteiger charge is 2.22. The maximum Gasteiger partial charge on any atom is 0.410 e. The lowest BCUT2D eigenvalue weighted by Gasteiger charge is -2.19. The molecule has 0 saturated heterocycles. The van der Waals surface area contributed by atoms with Gasteiger partial charge in [0, 0.05) is 5.75 Å². The number of carbonyl (C=O) groups is 4. The van der Waals surface area contributed by atoms with Crippen LogP contribution in [-0.2, 0) is 28.5 Å². The minimum Gasteiger partial charge on any atom is -0.428 e. The molecule has 0 aliphatic heterocycles. The van der Waals surface area contributed by atoms with Gasteiger partial charge in [0.1, 0.15) is 0 Å². The van der Waals surface area contributed by atoms with Crippen LogP contribution < -0.4 is 5.32 Å². The van der Waals surface area contributed by atoms with Crippen LogP contribution in [-0.4, -0.2) is 65.2 Å². The van der Waals surface area contributed by atoms with Crippen LogP contribution in [0.4, 0.5) is 9.59 Å². The summed E-state index contributed by atoms with van der Waals surface area (Å²) in [6, 6.07) is -1.27. The molecule has 0 fully saturated rings. The number of nitrogens with one attached hydrogen (secondary N) is 1. The van der Waals surface area contributed by atoms with Gasteiger partial charge in [0.2, 0.25) is 13.6 Å². The highest BCUT2D eigenvalue weighted by molar-refractivity contribution is 8.13. The number of rotatable bonds is 10. The fourth-order valence-corrected chi connectivity index (χ4v) is 1.91. The number of amides is 1. The SMILES string of the molecule is CC(C)C(=O)OCOC(=O)N[C@@H](CSC(=O)OCOC(=O)C(C)C)C(O)O. The third kappa shape index (κ3) is 12.0. The Morgan fingerprint density at radius 1 is 0.852 bits per heavy atom. The van der Waals surface area contributed by atoms with Crippen molar-refractivity contribution in [3.05, 3.63) is 0 Å². The van der Waals surface area contributed by atoms with Gasteiger partial charge in [-0.1, -0.05) is 27.7 Å². The first-order valence-electron chi connectivity index (χ1n) is 7.96. The van der Waals surface area contributed by atoms with Gasteiger partial charge in [-0.3, -0.25) is 9.59 Å². The zero-order valence-electron chi connectivity index (χ0n) is 15.5. The molecule has 0 aromatic rings. The molecular formula is C15H25NO10S. The number of esters is 2. The Labute approximate surface area is 160 Å². The fourth-order valence-electron chi connectivity index (χ4n) is 1.20. The number of hydrogen-bond acceptors (Lipinski definition) is 11. The fraction of sp³-hybridized carbons (Fsp3) is 0.733. The number of alkyl carbamates (subject to hydrolysis) is 1. The molecule has 3 N–H and O–H groups in total. The van der Waals surface area contributed by atoms with Crippen molar-refractivity contribution in [2.24, 2.45) is 11.8 Å². The molecular weight excluding hydrogens is 386 g/mol. The molecule has 0 aromatic carbocycles. The summed E-state index contributed by atoms with van der Waals surface area (Å²) < 4.78 is 18.5. The lowest BCUT2D eigenvalue weighted by molar-refractivity contribution is -0.156. The topological polar surface area (TPSA) is 158 Å². The largest absolute Gasteiger partial charge is 0.428 e. The Balaban J connectivity index is 4.18. The van der Waals surface area contributed by atoms with Gasteiger partial charge in [-0.25, -0.2) is 9.59 Å². The summed E-state index contributed by atoms with van der Waals surface area (Å²) in [4.78, 5) is 45.4. The molecule has 0 unspecified atom stereocenters. The number of ether oxygens (including phenoxy) is 4. The molecule has 0 spiro atoms. The quantitative estimate of drug-likeness (QED) is 0.341. The van der Waals surface area contributed by atoms with Gasteiger partial charge >= 0.3 is 23.3 Å². The third-order valence-electron chi connectivity index (χ3n) is 2.76. The van der Waals surface area contributed by atoms with Crippen molar-refractivity contribution in [2.45, 2.75) is 40.0 Å². The highest BCUT2D eigenvalue weighted by Crippen LogP contribution is 2.10. The van der Waals surface area contributed by atoms with Gasteiger partial charge in [-0.05, 0) is 11.8 Å². The Morgan fingerprint density at radius 2 is 1.33 bits per heavy atom. The lowest BCUT2D eigenvalue weighted by atomic mass is 10.2. The minimum atomic E-state index is -1.99. The average molecular weight is 411 g/mol. The first kappa shape index (κ1) is 24.9. The van der Waals surface area contributed by atoms with Gasteiger partial charge in [0.05, 0.1) is 17.9 Å². The van der Waals surface area contributed by atoms with Gasteiger partial charge < -0.3 is 34.5 Å². The van der Waals surface area contributed by atoms with Crippen LogP contribution in [0.1, 0.15) is 27.7 Å². The number of aliphatic hydroxyl groups excluding tert-OH is 1. The van der Waals surface area contributed by atoms with Crippen molar-refractivity contribution >= 4 is 35.1 Å². The van der Waals surface area contributed by atoms with E-state index >= 15 is 0 Å². The normalized spacial score (nSPS) is 11.9. The van der Waals surface area contributed by atoms with E-state index in [2.05, 4.69) is 24.3 Å². The molecule has 156 valence electrons. The predicted molar refractivity (Wildman–Crippen MR) is 92.2 cm³/mol. The van der Waals surface area contributed by atoms with E-state index in [1.165, 1.54) is 0 Å². The Bertz CT molecular complexity index is 509. The Hall–Kier alpha value is -2.05. The van der Waals surface area contributed by atoms with Crippen LogP contribution in [0.5, 0.6) is 0 Å². The summed E-state index contributed by atoms with van der Waals surface area (Å²) in [5.41, 5.74) is 0. The predicted octanol–water partition coefficient (Wildman–Crippen LogP) is 0.575. The smallest absolute Gasteiger partial charge is 0.410 e. The lowest BCUT2D eigenvalue weighted by Crippen LogP contribution is -2.45. The van der Waals surface area contributed by atoms with Crippen LogP contribution in [0.2, 0.25) is 0 Å². The third-order valence-corrected chi connectivity index (χ3v) is 3.64. The molecule has 0 heterocycles. The van der Waals surface area contributed by atoms with Gasteiger partial charge in [0.15, 0.2) is 6.29 Å². The second kappa shape index (κ2) is 13.2. The van der Waals surface area contributed by atoms with E-state index in [0.717, 1.165) is 0 Å². The van der Waals surface area contributed by atoms with E-state index in [-0.39, 0.29) is 11.7 Å². The van der Waals surface area contributed by atoms with Crippen molar-refractivity contribution in [1.29, 1.82) is 0 Å². The summed E-state index contributed by atoms with van der Waals surface area (Å²) in [5.74, 6) is -2.15. The minimum absolute atomic E-state index is 0.268. The van der Waals surface area contributed by atoms with Gasteiger partial charge in [0.25, 0.3) is 0 Å². The number of hydrogen-bond donors (Lipinski definition) is 3. The Kier molecular flexibility index (Phi) is 12.2. The molecule has 0 aliphatic carbocycles. The van der Waals surface area contributed by atoms with Crippen molar-refractivity contribution in [2.75, 3.05) is 19.3 Å². The molecule has 0 radical (unpaired) electrons. The van der Waals surface area contributed by atoms with Crippen LogP contribution in [0.15, 0.2) is 0 Å².